The lowest BCUT2D eigenvalue weighted by molar-refractivity contribution is -0.118. The van der Waals surface area contributed by atoms with Gasteiger partial charge in [0.15, 0.2) is 0 Å². The SMILES string of the molecule is CC.CC(=O)C(C)c1ccccc1SCCCN(C)C. The molecule has 1 aromatic carbocycles. The van der Waals surface area contributed by atoms with Gasteiger partial charge in [-0.3, -0.25) is 4.79 Å². The molecule has 0 radical (unpaired) electrons. The van der Waals surface area contributed by atoms with Crippen molar-refractivity contribution < 1.29 is 4.79 Å². The number of Topliss-reactive ketones (excluding diaryl/α,β-unsaturated/α-hetero) is 1. The van der Waals surface area contributed by atoms with Crippen molar-refractivity contribution in [2.75, 3.05) is 26.4 Å². The largest absolute Gasteiger partial charge is 0.309 e. The molecular weight excluding hydrogens is 266 g/mol. The van der Waals surface area contributed by atoms with E-state index in [4.69, 9.17) is 0 Å². The highest BCUT2D eigenvalue weighted by molar-refractivity contribution is 7.99. The molecule has 1 rings (SSSR count). The maximum Gasteiger partial charge on any atom is 0.137 e. The number of nitrogens with zero attached hydrogens (tertiary/aromatic N) is 1. The molecule has 0 bridgehead atoms. The van der Waals surface area contributed by atoms with Crippen molar-refractivity contribution in [1.82, 2.24) is 4.90 Å². The van der Waals surface area contributed by atoms with Gasteiger partial charge in [0.2, 0.25) is 0 Å². The third-order valence-corrected chi connectivity index (χ3v) is 4.18. The first-order chi connectivity index (χ1) is 9.52. The topological polar surface area (TPSA) is 20.3 Å². The van der Waals surface area contributed by atoms with E-state index in [1.165, 1.54) is 16.9 Å². The van der Waals surface area contributed by atoms with E-state index >= 15 is 0 Å². The lowest BCUT2D eigenvalue weighted by Gasteiger charge is -2.14. The monoisotopic (exact) mass is 295 g/mol. The molecule has 2 nitrogen and oxygen atoms in total. The van der Waals surface area contributed by atoms with E-state index in [-0.39, 0.29) is 11.7 Å². The molecule has 0 saturated heterocycles. The van der Waals surface area contributed by atoms with Crippen molar-refractivity contribution in [1.29, 1.82) is 0 Å². The third kappa shape index (κ3) is 7.11. The Kier molecular flexibility index (Phi) is 10.5. The minimum Gasteiger partial charge on any atom is -0.309 e. The van der Waals surface area contributed by atoms with Crippen LogP contribution in [0.2, 0.25) is 0 Å². The first-order valence-corrected chi connectivity index (χ1v) is 8.38. The van der Waals surface area contributed by atoms with Gasteiger partial charge in [0.1, 0.15) is 5.78 Å². The molecule has 0 saturated carbocycles. The van der Waals surface area contributed by atoms with Crippen molar-refractivity contribution >= 4 is 17.5 Å². The summed E-state index contributed by atoms with van der Waals surface area (Å²) in [6.45, 7) is 8.76. The summed E-state index contributed by atoms with van der Waals surface area (Å²) in [6.07, 6.45) is 1.17. The Morgan fingerprint density at radius 2 is 1.85 bits per heavy atom. The highest BCUT2D eigenvalue weighted by atomic mass is 32.2. The number of hydrogen-bond donors (Lipinski definition) is 0. The zero-order valence-corrected chi connectivity index (χ0v) is 14.6. The van der Waals surface area contributed by atoms with Crippen LogP contribution in [0.1, 0.15) is 45.6 Å². The van der Waals surface area contributed by atoms with Crippen LogP contribution in [0.15, 0.2) is 29.2 Å². The summed E-state index contributed by atoms with van der Waals surface area (Å²) < 4.78 is 0. The average molecular weight is 295 g/mol. The maximum absolute atomic E-state index is 11.5. The van der Waals surface area contributed by atoms with Crippen LogP contribution in [0.4, 0.5) is 0 Å². The van der Waals surface area contributed by atoms with E-state index in [2.05, 4.69) is 31.1 Å². The molecule has 0 aromatic heterocycles. The van der Waals surface area contributed by atoms with E-state index in [9.17, 15) is 4.79 Å². The molecule has 0 N–H and O–H groups in total. The molecule has 0 heterocycles. The fourth-order valence-corrected chi connectivity index (χ4v) is 2.83. The average Bonchev–Trinajstić information content (AvgIpc) is 2.45. The minimum atomic E-state index is 0.00236. The molecule has 0 aliphatic rings. The predicted molar refractivity (Wildman–Crippen MR) is 90.8 cm³/mol. The highest BCUT2D eigenvalue weighted by Crippen LogP contribution is 2.29. The summed E-state index contributed by atoms with van der Waals surface area (Å²) in [5, 5.41) is 0. The van der Waals surface area contributed by atoms with Gasteiger partial charge in [-0.2, -0.15) is 0 Å². The fraction of sp³-hybridized carbons (Fsp3) is 0.588. The van der Waals surface area contributed by atoms with E-state index in [1.54, 1.807) is 6.92 Å². The van der Waals surface area contributed by atoms with Gasteiger partial charge in [-0.05, 0) is 51.4 Å². The lowest BCUT2D eigenvalue weighted by Crippen LogP contribution is -2.13. The second kappa shape index (κ2) is 10.9. The van der Waals surface area contributed by atoms with E-state index in [0.29, 0.717) is 0 Å². The summed E-state index contributed by atoms with van der Waals surface area (Å²) in [7, 11) is 4.19. The minimum absolute atomic E-state index is 0.00236. The fourth-order valence-electron chi connectivity index (χ4n) is 1.75. The quantitative estimate of drug-likeness (QED) is 0.547. The molecule has 1 aromatic rings. The summed E-state index contributed by atoms with van der Waals surface area (Å²) in [6, 6.07) is 8.25. The van der Waals surface area contributed by atoms with Crippen LogP contribution in [-0.2, 0) is 4.79 Å². The first kappa shape index (κ1) is 19.2. The number of carbonyl (C=O) groups is 1. The molecule has 1 unspecified atom stereocenters. The summed E-state index contributed by atoms with van der Waals surface area (Å²) in [5.74, 6) is 1.33. The Bertz CT molecular complexity index is 390. The van der Waals surface area contributed by atoms with Gasteiger partial charge in [-0.15, -0.1) is 11.8 Å². The molecule has 1 atom stereocenters. The normalized spacial score (nSPS) is 11.8. The van der Waals surface area contributed by atoms with Crippen LogP contribution in [-0.4, -0.2) is 37.1 Å². The van der Waals surface area contributed by atoms with Crippen LogP contribution >= 0.6 is 11.8 Å². The van der Waals surface area contributed by atoms with Gasteiger partial charge in [0.05, 0.1) is 0 Å². The summed E-state index contributed by atoms with van der Waals surface area (Å²) in [5.41, 5.74) is 1.17. The van der Waals surface area contributed by atoms with Crippen LogP contribution in [0.5, 0.6) is 0 Å². The maximum atomic E-state index is 11.5. The zero-order valence-electron chi connectivity index (χ0n) is 13.8. The van der Waals surface area contributed by atoms with Crippen LogP contribution in [0.25, 0.3) is 0 Å². The van der Waals surface area contributed by atoms with E-state index < -0.39 is 0 Å². The summed E-state index contributed by atoms with van der Waals surface area (Å²) in [4.78, 5) is 14.9. The number of benzene rings is 1. The second-order valence-corrected chi connectivity index (χ2v) is 6.01. The van der Waals surface area contributed by atoms with Crippen molar-refractivity contribution in [2.45, 2.75) is 44.9 Å². The van der Waals surface area contributed by atoms with Crippen LogP contribution < -0.4 is 0 Å². The molecule has 0 spiro atoms. The van der Waals surface area contributed by atoms with E-state index in [1.807, 2.05) is 44.7 Å². The third-order valence-electron chi connectivity index (χ3n) is 3.00. The summed E-state index contributed by atoms with van der Waals surface area (Å²) >= 11 is 1.86. The molecule has 0 amide bonds. The molecule has 20 heavy (non-hydrogen) atoms. The van der Waals surface area contributed by atoms with Crippen molar-refractivity contribution in [3.05, 3.63) is 29.8 Å². The number of ketones is 1. The highest BCUT2D eigenvalue weighted by Gasteiger charge is 2.14. The van der Waals surface area contributed by atoms with E-state index in [0.717, 1.165) is 12.3 Å². The van der Waals surface area contributed by atoms with Gasteiger partial charge >= 0.3 is 0 Å². The standard InChI is InChI=1S/C15H23NOS.C2H6/c1-12(13(2)17)14-8-5-6-9-15(14)18-11-7-10-16(3)4;1-2/h5-6,8-9,12H,7,10-11H2,1-4H3;1-2H3. The second-order valence-electron chi connectivity index (χ2n) is 4.88. The van der Waals surface area contributed by atoms with Gasteiger partial charge in [0.25, 0.3) is 0 Å². The number of carbonyl (C=O) groups excluding carboxylic acids is 1. The van der Waals surface area contributed by atoms with Crippen molar-refractivity contribution in [3.8, 4) is 0 Å². The molecule has 3 heteroatoms. The zero-order chi connectivity index (χ0) is 15.5. The molecular formula is C17H29NOS. The molecule has 0 aliphatic carbocycles. The Morgan fingerprint density at radius 1 is 1.25 bits per heavy atom. The number of hydrogen-bond acceptors (Lipinski definition) is 3. The Morgan fingerprint density at radius 3 is 2.40 bits per heavy atom. The Hall–Kier alpha value is -0.800. The van der Waals surface area contributed by atoms with Crippen molar-refractivity contribution in [2.24, 2.45) is 0 Å². The van der Waals surface area contributed by atoms with Gasteiger partial charge in [-0.1, -0.05) is 39.0 Å². The van der Waals surface area contributed by atoms with Crippen molar-refractivity contribution in [3.63, 3.8) is 0 Å². The van der Waals surface area contributed by atoms with Gasteiger partial charge < -0.3 is 4.90 Å². The van der Waals surface area contributed by atoms with Gasteiger partial charge in [-0.25, -0.2) is 0 Å². The number of rotatable bonds is 7. The molecule has 0 aliphatic heterocycles. The smallest absolute Gasteiger partial charge is 0.137 e. The predicted octanol–water partition coefficient (Wildman–Crippen LogP) is 4.45. The Balaban J connectivity index is 0.00000172. The molecule has 0 fully saturated rings. The lowest BCUT2D eigenvalue weighted by atomic mass is 9.98. The first-order valence-electron chi connectivity index (χ1n) is 7.39. The number of thioether (sulfide) groups is 1. The van der Waals surface area contributed by atoms with Crippen LogP contribution in [0, 0.1) is 0 Å². The molecule has 114 valence electrons. The van der Waals surface area contributed by atoms with Crippen LogP contribution in [0.3, 0.4) is 0 Å². The Labute approximate surface area is 128 Å². The van der Waals surface area contributed by atoms with Gasteiger partial charge in [0, 0.05) is 10.8 Å².